The summed E-state index contributed by atoms with van der Waals surface area (Å²) in [5.41, 5.74) is -0.256. The van der Waals surface area contributed by atoms with Gasteiger partial charge in [0.15, 0.2) is 0 Å². The first-order chi connectivity index (χ1) is 9.68. The summed E-state index contributed by atoms with van der Waals surface area (Å²) < 4.78 is 5.27. The predicted molar refractivity (Wildman–Crippen MR) is 75.1 cm³/mol. The molecule has 2 amide bonds. The van der Waals surface area contributed by atoms with Crippen molar-refractivity contribution in [3.63, 3.8) is 0 Å². The van der Waals surface area contributed by atoms with Gasteiger partial charge in [-0.25, -0.2) is 0 Å². The lowest BCUT2D eigenvalue weighted by Gasteiger charge is -2.32. The van der Waals surface area contributed by atoms with E-state index in [0.717, 1.165) is 0 Å². The van der Waals surface area contributed by atoms with Crippen LogP contribution in [0.5, 0.6) is 0 Å². The zero-order chi connectivity index (χ0) is 15.8. The molecule has 7 nitrogen and oxygen atoms in total. The van der Waals surface area contributed by atoms with Crippen molar-refractivity contribution >= 4 is 11.8 Å². The van der Waals surface area contributed by atoms with Crippen LogP contribution in [-0.2, 0) is 16.1 Å². The fourth-order valence-corrected chi connectivity index (χ4v) is 2.51. The number of rotatable bonds is 3. The van der Waals surface area contributed by atoms with Gasteiger partial charge in [0, 0.05) is 32.5 Å². The molecular weight excluding hydrogens is 272 g/mol. The first-order valence-corrected chi connectivity index (χ1v) is 7.03. The molecule has 0 aliphatic carbocycles. The summed E-state index contributed by atoms with van der Waals surface area (Å²) in [6.45, 7) is 8.36. The smallest absolute Gasteiger partial charge is 0.235 e. The predicted octanol–water partition coefficient (Wildman–Crippen LogP) is 0.983. The Morgan fingerprint density at radius 3 is 2.57 bits per heavy atom. The quantitative estimate of drug-likeness (QED) is 0.830. The van der Waals surface area contributed by atoms with Crippen LogP contribution in [-0.4, -0.2) is 50.9 Å². The van der Waals surface area contributed by atoms with Crippen molar-refractivity contribution in [3.05, 3.63) is 11.8 Å². The molecule has 21 heavy (non-hydrogen) atoms. The summed E-state index contributed by atoms with van der Waals surface area (Å²) in [6.07, 6.45) is 0.267. The normalized spacial score (nSPS) is 19.2. The van der Waals surface area contributed by atoms with Crippen LogP contribution in [0.15, 0.2) is 4.42 Å². The SMILES string of the molecule is Cc1nnc(CN(C)C(=O)[C@H]2CC(=O)N(C(C)(C)C)C2)o1. The van der Waals surface area contributed by atoms with E-state index in [0.29, 0.717) is 18.3 Å². The van der Waals surface area contributed by atoms with Crippen molar-refractivity contribution in [2.45, 2.75) is 46.2 Å². The molecule has 2 heterocycles. The summed E-state index contributed by atoms with van der Waals surface area (Å²) in [5, 5.41) is 7.61. The summed E-state index contributed by atoms with van der Waals surface area (Å²) in [4.78, 5) is 27.8. The number of carbonyl (C=O) groups excluding carboxylic acids is 2. The maximum Gasteiger partial charge on any atom is 0.235 e. The zero-order valence-corrected chi connectivity index (χ0v) is 13.2. The first kappa shape index (κ1) is 15.5. The summed E-state index contributed by atoms with van der Waals surface area (Å²) in [5.74, 6) is 0.542. The summed E-state index contributed by atoms with van der Waals surface area (Å²) in [6, 6.07) is 0. The Balaban J connectivity index is 1.99. The standard InChI is InChI=1S/C14H22N4O3/c1-9-15-16-11(21-9)8-17(5)13(20)10-6-12(19)18(7-10)14(2,3)4/h10H,6-8H2,1-5H3/t10-/m0/s1. The molecule has 1 fully saturated rings. The van der Waals surface area contributed by atoms with Crippen molar-refractivity contribution < 1.29 is 14.0 Å². The zero-order valence-electron chi connectivity index (χ0n) is 13.2. The molecule has 0 N–H and O–H groups in total. The molecule has 7 heteroatoms. The molecule has 1 aromatic rings. The minimum Gasteiger partial charge on any atom is -0.424 e. The maximum atomic E-state index is 12.4. The number of hydrogen-bond donors (Lipinski definition) is 0. The van der Waals surface area contributed by atoms with Crippen LogP contribution in [0, 0.1) is 12.8 Å². The van der Waals surface area contributed by atoms with Crippen LogP contribution < -0.4 is 0 Å². The molecule has 0 saturated carbocycles. The molecule has 1 aromatic heterocycles. The van der Waals surface area contributed by atoms with E-state index in [1.165, 1.54) is 4.90 Å². The van der Waals surface area contributed by atoms with Gasteiger partial charge in [-0.3, -0.25) is 9.59 Å². The van der Waals surface area contributed by atoms with Gasteiger partial charge in [-0.05, 0) is 20.8 Å². The van der Waals surface area contributed by atoms with Crippen molar-refractivity contribution in [1.29, 1.82) is 0 Å². The van der Waals surface area contributed by atoms with E-state index in [-0.39, 0.29) is 36.2 Å². The molecule has 0 unspecified atom stereocenters. The van der Waals surface area contributed by atoms with E-state index < -0.39 is 0 Å². The van der Waals surface area contributed by atoms with Gasteiger partial charge in [-0.15, -0.1) is 10.2 Å². The molecule has 0 bridgehead atoms. The first-order valence-electron chi connectivity index (χ1n) is 7.03. The number of amides is 2. The molecule has 0 radical (unpaired) electrons. The molecular formula is C14H22N4O3. The number of hydrogen-bond acceptors (Lipinski definition) is 5. The van der Waals surface area contributed by atoms with Crippen LogP contribution >= 0.6 is 0 Å². The van der Waals surface area contributed by atoms with E-state index in [9.17, 15) is 9.59 Å². The average Bonchev–Trinajstić information content (AvgIpc) is 2.94. The average molecular weight is 294 g/mol. The lowest BCUT2D eigenvalue weighted by molar-refractivity contribution is -0.135. The minimum atomic E-state index is -0.300. The van der Waals surface area contributed by atoms with Crippen LogP contribution in [0.4, 0.5) is 0 Å². The monoisotopic (exact) mass is 294 g/mol. The van der Waals surface area contributed by atoms with Gasteiger partial charge in [0.25, 0.3) is 0 Å². The van der Waals surface area contributed by atoms with Gasteiger partial charge in [-0.2, -0.15) is 0 Å². The van der Waals surface area contributed by atoms with E-state index in [4.69, 9.17) is 4.42 Å². The van der Waals surface area contributed by atoms with Gasteiger partial charge < -0.3 is 14.2 Å². The second-order valence-corrected chi connectivity index (χ2v) is 6.49. The fourth-order valence-electron chi connectivity index (χ4n) is 2.51. The van der Waals surface area contributed by atoms with E-state index >= 15 is 0 Å². The van der Waals surface area contributed by atoms with Gasteiger partial charge in [0.1, 0.15) is 0 Å². The summed E-state index contributed by atoms with van der Waals surface area (Å²) in [7, 11) is 1.69. The van der Waals surface area contributed by atoms with Crippen LogP contribution in [0.2, 0.25) is 0 Å². The largest absolute Gasteiger partial charge is 0.424 e. The Morgan fingerprint density at radius 1 is 1.43 bits per heavy atom. The molecule has 1 aliphatic heterocycles. The molecule has 0 spiro atoms. The van der Waals surface area contributed by atoms with Gasteiger partial charge in [-0.1, -0.05) is 0 Å². The summed E-state index contributed by atoms with van der Waals surface area (Å²) >= 11 is 0. The Bertz CT molecular complexity index is 547. The van der Waals surface area contributed by atoms with Crippen LogP contribution in [0.3, 0.4) is 0 Å². The highest BCUT2D eigenvalue weighted by molar-refractivity contribution is 5.89. The number of nitrogens with zero attached hydrogens (tertiary/aromatic N) is 4. The molecule has 1 aliphatic rings. The highest BCUT2D eigenvalue weighted by Crippen LogP contribution is 2.27. The van der Waals surface area contributed by atoms with Crippen molar-refractivity contribution in [2.24, 2.45) is 5.92 Å². The van der Waals surface area contributed by atoms with Crippen molar-refractivity contribution in [3.8, 4) is 0 Å². The lowest BCUT2D eigenvalue weighted by atomic mass is 10.1. The second kappa shape index (κ2) is 5.46. The minimum absolute atomic E-state index is 0.0304. The topological polar surface area (TPSA) is 79.5 Å². The lowest BCUT2D eigenvalue weighted by Crippen LogP contribution is -2.43. The third kappa shape index (κ3) is 3.40. The number of likely N-dealkylation sites (tertiary alicyclic amines) is 1. The molecule has 2 rings (SSSR count). The third-order valence-electron chi connectivity index (χ3n) is 3.60. The molecule has 1 atom stereocenters. The van der Waals surface area contributed by atoms with Crippen molar-refractivity contribution in [1.82, 2.24) is 20.0 Å². The fraction of sp³-hybridized carbons (Fsp3) is 0.714. The van der Waals surface area contributed by atoms with Crippen LogP contribution in [0.25, 0.3) is 0 Å². The highest BCUT2D eigenvalue weighted by Gasteiger charge is 2.40. The van der Waals surface area contributed by atoms with Crippen LogP contribution in [0.1, 0.15) is 39.0 Å². The van der Waals surface area contributed by atoms with E-state index in [1.54, 1.807) is 18.9 Å². The van der Waals surface area contributed by atoms with Crippen molar-refractivity contribution in [2.75, 3.05) is 13.6 Å². The van der Waals surface area contributed by atoms with Gasteiger partial charge >= 0.3 is 0 Å². The maximum absolute atomic E-state index is 12.4. The highest BCUT2D eigenvalue weighted by atomic mass is 16.4. The Kier molecular flexibility index (Phi) is 4.02. The Labute approximate surface area is 124 Å². The van der Waals surface area contributed by atoms with E-state index in [1.807, 2.05) is 20.8 Å². The second-order valence-electron chi connectivity index (χ2n) is 6.49. The third-order valence-corrected chi connectivity index (χ3v) is 3.60. The van der Waals surface area contributed by atoms with E-state index in [2.05, 4.69) is 10.2 Å². The van der Waals surface area contributed by atoms with Gasteiger partial charge in [0.2, 0.25) is 23.6 Å². The Hall–Kier alpha value is -1.92. The molecule has 116 valence electrons. The molecule has 0 aromatic carbocycles. The number of aromatic nitrogens is 2. The molecule has 1 saturated heterocycles. The Morgan fingerprint density at radius 2 is 2.10 bits per heavy atom. The van der Waals surface area contributed by atoms with Gasteiger partial charge in [0.05, 0.1) is 12.5 Å². The number of aryl methyl sites for hydroxylation is 1. The number of carbonyl (C=O) groups is 2.